The van der Waals surface area contributed by atoms with Gasteiger partial charge in [0.2, 0.25) is 0 Å². The Hall–Kier alpha value is -0.770. The van der Waals surface area contributed by atoms with Crippen molar-refractivity contribution in [2.24, 2.45) is 11.7 Å². The molecule has 3 N–H and O–H groups in total. The number of carbonyl (C=O) groups is 1. The Kier molecular flexibility index (Phi) is 3.79. The SMILES string of the molecule is CC(C)[C@H](CO)OC(N)=O. The van der Waals surface area contributed by atoms with Gasteiger partial charge in [-0.3, -0.25) is 0 Å². The van der Waals surface area contributed by atoms with Crippen LogP contribution in [0.4, 0.5) is 4.79 Å². The molecule has 0 aromatic carbocycles. The van der Waals surface area contributed by atoms with Crippen LogP contribution in [0.5, 0.6) is 0 Å². The molecule has 4 heteroatoms. The lowest BCUT2D eigenvalue weighted by Gasteiger charge is -2.16. The molecule has 10 heavy (non-hydrogen) atoms. The monoisotopic (exact) mass is 147 g/mol. The van der Waals surface area contributed by atoms with Gasteiger partial charge in [-0.05, 0) is 5.92 Å². The lowest BCUT2D eigenvalue weighted by atomic mass is 10.1. The fourth-order valence-corrected chi connectivity index (χ4v) is 0.533. The maximum Gasteiger partial charge on any atom is 0.404 e. The lowest BCUT2D eigenvalue weighted by molar-refractivity contribution is 0.0365. The summed E-state index contributed by atoms with van der Waals surface area (Å²) in [6.07, 6.45) is -1.31. The summed E-state index contributed by atoms with van der Waals surface area (Å²) in [5.41, 5.74) is 4.73. The van der Waals surface area contributed by atoms with Crippen molar-refractivity contribution in [1.82, 2.24) is 0 Å². The number of primary amides is 1. The summed E-state index contributed by atoms with van der Waals surface area (Å²) in [6.45, 7) is 3.49. The van der Waals surface area contributed by atoms with Gasteiger partial charge in [-0.2, -0.15) is 0 Å². The van der Waals surface area contributed by atoms with E-state index in [4.69, 9.17) is 10.8 Å². The van der Waals surface area contributed by atoms with Gasteiger partial charge in [0.25, 0.3) is 0 Å². The van der Waals surface area contributed by atoms with E-state index >= 15 is 0 Å². The second kappa shape index (κ2) is 4.11. The van der Waals surface area contributed by atoms with Crippen LogP contribution in [-0.2, 0) is 4.74 Å². The quantitative estimate of drug-likeness (QED) is 0.594. The number of hydrogen-bond acceptors (Lipinski definition) is 3. The molecule has 0 fully saturated rings. The summed E-state index contributed by atoms with van der Waals surface area (Å²) in [4.78, 5) is 10.2. The summed E-state index contributed by atoms with van der Waals surface area (Å²) in [5, 5.41) is 8.61. The van der Waals surface area contributed by atoms with Crippen LogP contribution >= 0.6 is 0 Å². The summed E-state index contributed by atoms with van der Waals surface area (Å²) in [5.74, 6) is 0.0949. The standard InChI is InChI=1S/C6H13NO3/c1-4(2)5(3-8)10-6(7)9/h4-5,8H,3H2,1-2H3,(H2,7,9)/t5-/m0/s1. The van der Waals surface area contributed by atoms with Gasteiger partial charge in [-0.25, -0.2) is 4.79 Å². The summed E-state index contributed by atoms with van der Waals surface area (Å²) < 4.78 is 4.55. The molecule has 0 saturated heterocycles. The maximum absolute atomic E-state index is 10.2. The summed E-state index contributed by atoms with van der Waals surface area (Å²) in [6, 6.07) is 0. The normalized spacial score (nSPS) is 13.2. The zero-order chi connectivity index (χ0) is 8.15. The Bertz CT molecular complexity index is 114. The molecule has 0 spiro atoms. The largest absolute Gasteiger partial charge is 0.444 e. The van der Waals surface area contributed by atoms with Crippen molar-refractivity contribution in [3.63, 3.8) is 0 Å². The Morgan fingerprint density at radius 1 is 1.70 bits per heavy atom. The van der Waals surface area contributed by atoms with E-state index in [0.29, 0.717) is 0 Å². The van der Waals surface area contributed by atoms with E-state index in [1.807, 2.05) is 13.8 Å². The minimum absolute atomic E-state index is 0.0949. The lowest BCUT2D eigenvalue weighted by Crippen LogP contribution is -2.29. The van der Waals surface area contributed by atoms with Crippen molar-refractivity contribution in [3.8, 4) is 0 Å². The molecule has 0 radical (unpaired) electrons. The number of aliphatic hydroxyl groups excluding tert-OH is 1. The molecule has 0 rings (SSSR count). The molecule has 0 aromatic heterocycles. The first kappa shape index (κ1) is 9.23. The van der Waals surface area contributed by atoms with Crippen LogP contribution in [0.1, 0.15) is 13.8 Å². The van der Waals surface area contributed by atoms with Crippen LogP contribution in [-0.4, -0.2) is 23.9 Å². The van der Waals surface area contributed by atoms with Gasteiger partial charge in [-0.1, -0.05) is 13.8 Å². The molecule has 0 unspecified atom stereocenters. The van der Waals surface area contributed by atoms with E-state index in [2.05, 4.69) is 4.74 Å². The Balaban J connectivity index is 3.71. The van der Waals surface area contributed by atoms with Crippen molar-refractivity contribution >= 4 is 6.09 Å². The molecule has 0 aliphatic heterocycles. The second-order valence-corrected chi connectivity index (χ2v) is 2.40. The number of nitrogens with two attached hydrogens (primary N) is 1. The predicted molar refractivity (Wildman–Crippen MR) is 36.4 cm³/mol. The third-order valence-electron chi connectivity index (χ3n) is 1.19. The van der Waals surface area contributed by atoms with Gasteiger partial charge in [0.1, 0.15) is 6.10 Å². The zero-order valence-electron chi connectivity index (χ0n) is 6.20. The van der Waals surface area contributed by atoms with Crippen LogP contribution in [0.3, 0.4) is 0 Å². The van der Waals surface area contributed by atoms with Gasteiger partial charge in [0, 0.05) is 0 Å². The molecule has 1 amide bonds. The molecular weight excluding hydrogens is 134 g/mol. The molecule has 0 aliphatic rings. The Labute approximate surface area is 60.0 Å². The number of amides is 1. The molecule has 4 nitrogen and oxygen atoms in total. The number of aliphatic hydroxyl groups is 1. The average Bonchev–Trinajstić information content (AvgIpc) is 1.81. The highest BCUT2D eigenvalue weighted by molar-refractivity contribution is 5.64. The van der Waals surface area contributed by atoms with Crippen molar-refractivity contribution in [2.45, 2.75) is 20.0 Å². The zero-order valence-corrected chi connectivity index (χ0v) is 6.20. The van der Waals surface area contributed by atoms with Gasteiger partial charge >= 0.3 is 6.09 Å². The molecule has 0 aliphatic carbocycles. The van der Waals surface area contributed by atoms with Gasteiger partial charge in [-0.15, -0.1) is 0 Å². The molecular formula is C6H13NO3. The van der Waals surface area contributed by atoms with Crippen LogP contribution in [0, 0.1) is 5.92 Å². The van der Waals surface area contributed by atoms with Crippen LogP contribution < -0.4 is 5.73 Å². The van der Waals surface area contributed by atoms with Crippen LogP contribution in [0.2, 0.25) is 0 Å². The van der Waals surface area contributed by atoms with E-state index in [1.54, 1.807) is 0 Å². The van der Waals surface area contributed by atoms with Gasteiger partial charge in [0.05, 0.1) is 6.61 Å². The molecule has 0 saturated carbocycles. The molecule has 0 aromatic rings. The molecule has 0 bridgehead atoms. The smallest absolute Gasteiger partial charge is 0.404 e. The number of ether oxygens (including phenoxy) is 1. The minimum Gasteiger partial charge on any atom is -0.444 e. The first-order valence-corrected chi connectivity index (χ1v) is 3.15. The molecule has 60 valence electrons. The summed E-state index contributed by atoms with van der Waals surface area (Å²) in [7, 11) is 0. The fourth-order valence-electron chi connectivity index (χ4n) is 0.533. The summed E-state index contributed by atoms with van der Waals surface area (Å²) >= 11 is 0. The first-order valence-electron chi connectivity index (χ1n) is 3.15. The topological polar surface area (TPSA) is 72.6 Å². The van der Waals surface area contributed by atoms with Crippen molar-refractivity contribution in [1.29, 1.82) is 0 Å². The highest BCUT2D eigenvalue weighted by atomic mass is 16.6. The van der Waals surface area contributed by atoms with Crippen molar-refractivity contribution < 1.29 is 14.6 Å². The predicted octanol–water partition coefficient (Wildman–Crippen LogP) is 0.0986. The van der Waals surface area contributed by atoms with Crippen molar-refractivity contribution in [3.05, 3.63) is 0 Å². The van der Waals surface area contributed by atoms with Gasteiger partial charge < -0.3 is 15.6 Å². The number of carbonyl (C=O) groups excluding carboxylic acids is 1. The van der Waals surface area contributed by atoms with E-state index in [-0.39, 0.29) is 12.5 Å². The molecule has 0 heterocycles. The van der Waals surface area contributed by atoms with E-state index in [1.165, 1.54) is 0 Å². The second-order valence-electron chi connectivity index (χ2n) is 2.40. The highest BCUT2D eigenvalue weighted by Gasteiger charge is 2.14. The number of hydrogen-bond donors (Lipinski definition) is 2. The first-order chi connectivity index (χ1) is 4.57. The van der Waals surface area contributed by atoms with E-state index in [0.717, 1.165) is 0 Å². The Morgan fingerprint density at radius 2 is 2.20 bits per heavy atom. The maximum atomic E-state index is 10.2. The third-order valence-corrected chi connectivity index (χ3v) is 1.19. The molecule has 1 atom stereocenters. The van der Waals surface area contributed by atoms with Crippen LogP contribution in [0.25, 0.3) is 0 Å². The van der Waals surface area contributed by atoms with Crippen LogP contribution in [0.15, 0.2) is 0 Å². The number of rotatable bonds is 3. The minimum atomic E-state index is -0.840. The van der Waals surface area contributed by atoms with Crippen molar-refractivity contribution in [2.75, 3.05) is 6.61 Å². The highest BCUT2D eigenvalue weighted by Crippen LogP contribution is 2.04. The fraction of sp³-hybridized carbons (Fsp3) is 0.833. The average molecular weight is 147 g/mol. The van der Waals surface area contributed by atoms with E-state index < -0.39 is 12.2 Å². The Morgan fingerprint density at radius 3 is 2.30 bits per heavy atom. The van der Waals surface area contributed by atoms with E-state index in [9.17, 15) is 4.79 Å². The van der Waals surface area contributed by atoms with Gasteiger partial charge in [0.15, 0.2) is 0 Å². The third kappa shape index (κ3) is 3.29.